The third kappa shape index (κ3) is 4.56. The van der Waals surface area contributed by atoms with Gasteiger partial charge in [0.1, 0.15) is 12.4 Å². The lowest BCUT2D eigenvalue weighted by Gasteiger charge is -2.06. The van der Waals surface area contributed by atoms with Crippen LogP contribution in [0.3, 0.4) is 0 Å². The zero-order valence-electron chi connectivity index (χ0n) is 9.71. The second kappa shape index (κ2) is 6.14. The first-order valence-electron chi connectivity index (χ1n) is 5.33. The predicted octanol–water partition coefficient (Wildman–Crippen LogP) is 3.29. The van der Waals surface area contributed by atoms with E-state index in [1.54, 1.807) is 0 Å². The summed E-state index contributed by atoms with van der Waals surface area (Å²) in [6.45, 7) is 6.73. The minimum atomic E-state index is 0.472. The van der Waals surface area contributed by atoms with E-state index < -0.39 is 0 Å². The summed E-state index contributed by atoms with van der Waals surface area (Å²) in [5, 5.41) is 0. The molecule has 1 nitrogen and oxygen atoms in total. The average molecular weight is 202 g/mol. The first-order chi connectivity index (χ1) is 7.22. The van der Waals surface area contributed by atoms with E-state index in [-0.39, 0.29) is 0 Å². The van der Waals surface area contributed by atoms with E-state index in [0.717, 1.165) is 12.2 Å². The number of rotatable bonds is 4. The molecule has 0 bridgehead atoms. The average Bonchev–Trinajstić information content (AvgIpc) is 2.20. The number of ether oxygens (including phenoxy) is 1. The van der Waals surface area contributed by atoms with Crippen molar-refractivity contribution in [1.29, 1.82) is 0 Å². The molecule has 1 rings (SSSR count). The zero-order chi connectivity index (χ0) is 11.1. The Morgan fingerprint density at radius 3 is 2.40 bits per heavy atom. The molecule has 0 saturated carbocycles. The van der Waals surface area contributed by atoms with Crippen LogP contribution in [0.15, 0.2) is 24.3 Å². The van der Waals surface area contributed by atoms with Gasteiger partial charge in [0, 0.05) is 0 Å². The summed E-state index contributed by atoms with van der Waals surface area (Å²) in [6, 6.07) is 8.26. The van der Waals surface area contributed by atoms with Gasteiger partial charge in [0.05, 0.1) is 0 Å². The molecule has 1 heteroatoms. The van der Waals surface area contributed by atoms with Gasteiger partial charge >= 0.3 is 0 Å². The maximum Gasteiger partial charge on any atom is 0.149 e. The van der Waals surface area contributed by atoms with Crippen LogP contribution in [0.4, 0.5) is 0 Å². The maximum atomic E-state index is 5.43. The molecule has 0 aromatic heterocycles. The second-order valence-corrected chi connectivity index (χ2v) is 3.96. The van der Waals surface area contributed by atoms with Crippen molar-refractivity contribution in [2.75, 3.05) is 6.61 Å². The van der Waals surface area contributed by atoms with Crippen molar-refractivity contribution in [2.24, 2.45) is 5.92 Å². The third-order valence-electron chi connectivity index (χ3n) is 2.06. The molecule has 80 valence electrons. The van der Waals surface area contributed by atoms with Crippen LogP contribution in [0.2, 0.25) is 0 Å². The van der Waals surface area contributed by atoms with Crippen molar-refractivity contribution < 1.29 is 4.74 Å². The van der Waals surface area contributed by atoms with Gasteiger partial charge in [0.2, 0.25) is 0 Å². The molecule has 15 heavy (non-hydrogen) atoms. The topological polar surface area (TPSA) is 9.23 Å². The standard InChI is InChI=1S/C14H18O/c1-4-5-10-15-14-8-6-13(7-9-14)11-12(2)3/h6-9,12H,10-11H2,1-3H3. The highest BCUT2D eigenvalue weighted by Crippen LogP contribution is 2.14. The fourth-order valence-corrected chi connectivity index (χ4v) is 1.38. The molecule has 0 radical (unpaired) electrons. The van der Waals surface area contributed by atoms with Crippen molar-refractivity contribution in [2.45, 2.75) is 27.2 Å². The van der Waals surface area contributed by atoms with E-state index in [2.05, 4.69) is 37.8 Å². The highest BCUT2D eigenvalue weighted by molar-refractivity contribution is 5.27. The normalized spacial score (nSPS) is 9.60. The number of benzene rings is 1. The molecule has 1 aromatic rings. The van der Waals surface area contributed by atoms with Crippen LogP contribution in [0, 0.1) is 17.8 Å². The molecule has 0 N–H and O–H groups in total. The smallest absolute Gasteiger partial charge is 0.149 e. The summed E-state index contributed by atoms with van der Waals surface area (Å²) in [5.41, 5.74) is 1.36. The van der Waals surface area contributed by atoms with Crippen molar-refractivity contribution in [1.82, 2.24) is 0 Å². The monoisotopic (exact) mass is 202 g/mol. The summed E-state index contributed by atoms with van der Waals surface area (Å²) in [7, 11) is 0. The molecular weight excluding hydrogens is 184 g/mol. The van der Waals surface area contributed by atoms with Crippen LogP contribution in [-0.4, -0.2) is 6.61 Å². The van der Waals surface area contributed by atoms with Crippen molar-refractivity contribution in [3.63, 3.8) is 0 Å². The first kappa shape index (κ1) is 11.7. The SMILES string of the molecule is CC#CCOc1ccc(CC(C)C)cc1. The lowest BCUT2D eigenvalue weighted by Crippen LogP contribution is -1.96. The molecule has 0 aliphatic heterocycles. The summed E-state index contributed by atoms with van der Waals surface area (Å²) >= 11 is 0. The Hall–Kier alpha value is -1.42. The van der Waals surface area contributed by atoms with Crippen LogP contribution in [0.1, 0.15) is 26.3 Å². The Bertz CT molecular complexity index is 338. The quantitative estimate of drug-likeness (QED) is 0.681. The zero-order valence-corrected chi connectivity index (χ0v) is 9.71. The van der Waals surface area contributed by atoms with Crippen molar-refractivity contribution in [3.8, 4) is 17.6 Å². The summed E-state index contributed by atoms with van der Waals surface area (Å²) in [4.78, 5) is 0. The van der Waals surface area contributed by atoms with E-state index >= 15 is 0 Å². The summed E-state index contributed by atoms with van der Waals surface area (Å²) in [5.74, 6) is 7.26. The first-order valence-corrected chi connectivity index (χ1v) is 5.33. The van der Waals surface area contributed by atoms with Gasteiger partial charge in [-0.1, -0.05) is 31.9 Å². The molecular formula is C14H18O. The maximum absolute atomic E-state index is 5.43. The highest BCUT2D eigenvalue weighted by atomic mass is 16.5. The number of hydrogen-bond donors (Lipinski definition) is 0. The Morgan fingerprint density at radius 2 is 1.87 bits per heavy atom. The van der Waals surface area contributed by atoms with E-state index in [4.69, 9.17) is 4.74 Å². The minimum Gasteiger partial charge on any atom is -0.481 e. The molecule has 0 amide bonds. The summed E-state index contributed by atoms with van der Waals surface area (Å²) < 4.78 is 5.43. The highest BCUT2D eigenvalue weighted by Gasteiger charge is 1.98. The van der Waals surface area contributed by atoms with E-state index in [0.29, 0.717) is 12.5 Å². The van der Waals surface area contributed by atoms with Crippen LogP contribution < -0.4 is 4.74 Å². The van der Waals surface area contributed by atoms with E-state index in [9.17, 15) is 0 Å². The Balaban J connectivity index is 2.51. The lowest BCUT2D eigenvalue weighted by molar-refractivity contribution is 0.370. The molecule has 0 aliphatic rings. The molecule has 0 aliphatic carbocycles. The second-order valence-electron chi connectivity index (χ2n) is 3.96. The molecule has 0 atom stereocenters. The minimum absolute atomic E-state index is 0.472. The molecule has 0 spiro atoms. The van der Waals surface area contributed by atoms with Gasteiger partial charge in [-0.25, -0.2) is 0 Å². The largest absolute Gasteiger partial charge is 0.481 e. The molecule has 1 aromatic carbocycles. The van der Waals surface area contributed by atoms with Gasteiger partial charge in [-0.3, -0.25) is 0 Å². The summed E-state index contributed by atoms with van der Waals surface area (Å²) in [6.07, 6.45) is 1.12. The van der Waals surface area contributed by atoms with Crippen LogP contribution in [-0.2, 0) is 6.42 Å². The van der Waals surface area contributed by atoms with Gasteiger partial charge in [-0.05, 0) is 37.0 Å². The van der Waals surface area contributed by atoms with Crippen LogP contribution >= 0.6 is 0 Å². The van der Waals surface area contributed by atoms with Gasteiger partial charge in [-0.15, -0.1) is 5.92 Å². The lowest BCUT2D eigenvalue weighted by atomic mass is 10.0. The Kier molecular flexibility index (Phi) is 4.77. The predicted molar refractivity (Wildman–Crippen MR) is 63.9 cm³/mol. The van der Waals surface area contributed by atoms with Gasteiger partial charge < -0.3 is 4.74 Å². The van der Waals surface area contributed by atoms with Crippen molar-refractivity contribution in [3.05, 3.63) is 29.8 Å². The van der Waals surface area contributed by atoms with Gasteiger partial charge in [-0.2, -0.15) is 0 Å². The molecule has 0 fully saturated rings. The van der Waals surface area contributed by atoms with E-state index in [1.807, 2.05) is 19.1 Å². The Labute approximate surface area is 92.5 Å². The molecule has 0 saturated heterocycles. The Morgan fingerprint density at radius 1 is 1.20 bits per heavy atom. The fraction of sp³-hybridized carbons (Fsp3) is 0.429. The van der Waals surface area contributed by atoms with Crippen molar-refractivity contribution >= 4 is 0 Å². The van der Waals surface area contributed by atoms with Crippen LogP contribution in [0.5, 0.6) is 5.75 Å². The fourth-order valence-electron chi connectivity index (χ4n) is 1.38. The van der Waals surface area contributed by atoms with Crippen LogP contribution in [0.25, 0.3) is 0 Å². The molecule has 0 heterocycles. The van der Waals surface area contributed by atoms with E-state index in [1.165, 1.54) is 5.56 Å². The third-order valence-corrected chi connectivity index (χ3v) is 2.06. The molecule has 0 unspecified atom stereocenters. The number of hydrogen-bond acceptors (Lipinski definition) is 1. The van der Waals surface area contributed by atoms with Gasteiger partial charge in [0.15, 0.2) is 0 Å². The van der Waals surface area contributed by atoms with Gasteiger partial charge in [0.25, 0.3) is 0 Å².